The molecule has 23 heavy (non-hydrogen) atoms. The fourth-order valence-corrected chi connectivity index (χ4v) is 2.51. The summed E-state index contributed by atoms with van der Waals surface area (Å²) in [5, 5.41) is 7.61. The first-order valence-corrected chi connectivity index (χ1v) is 7.32. The average molecular weight is 319 g/mol. The van der Waals surface area contributed by atoms with Gasteiger partial charge in [-0.2, -0.15) is 5.10 Å². The van der Waals surface area contributed by atoms with E-state index < -0.39 is 11.6 Å². The maximum atomic E-state index is 13.2. The van der Waals surface area contributed by atoms with Crippen LogP contribution in [0.5, 0.6) is 5.88 Å². The minimum atomic E-state index is -1.02. The highest BCUT2D eigenvalue weighted by molar-refractivity contribution is 5.94. The van der Waals surface area contributed by atoms with Gasteiger partial charge in [0, 0.05) is 43.8 Å². The van der Waals surface area contributed by atoms with Crippen LogP contribution in [0.15, 0.2) is 36.5 Å². The lowest BCUT2D eigenvalue weighted by atomic mass is 10.1. The monoisotopic (exact) mass is 319 g/mol. The molecule has 1 aromatic heterocycles. The van der Waals surface area contributed by atoms with Gasteiger partial charge in [0.15, 0.2) is 11.6 Å². The lowest BCUT2D eigenvalue weighted by Crippen LogP contribution is -2.41. The van der Waals surface area contributed by atoms with Crippen molar-refractivity contribution < 1.29 is 18.3 Å². The van der Waals surface area contributed by atoms with Gasteiger partial charge in [-0.05, 0) is 24.3 Å². The Balaban J connectivity index is 1.58. The molecule has 0 saturated carbocycles. The number of hydrogen-bond donors (Lipinski definition) is 0. The fraction of sp³-hybridized carbons (Fsp3) is 0.312. The van der Waals surface area contributed by atoms with Crippen LogP contribution in [0.25, 0.3) is 0 Å². The van der Waals surface area contributed by atoms with Crippen LogP contribution in [0.1, 0.15) is 23.2 Å². The van der Waals surface area contributed by atoms with E-state index >= 15 is 0 Å². The van der Waals surface area contributed by atoms with Crippen molar-refractivity contribution in [2.45, 2.75) is 18.9 Å². The molecule has 0 aliphatic carbocycles. The van der Waals surface area contributed by atoms with Crippen molar-refractivity contribution in [3.05, 3.63) is 53.7 Å². The van der Waals surface area contributed by atoms with Gasteiger partial charge in [-0.25, -0.2) is 8.78 Å². The lowest BCUT2D eigenvalue weighted by molar-refractivity contribution is 0.0585. The molecule has 2 heterocycles. The Hall–Kier alpha value is -2.57. The normalized spacial score (nSPS) is 15.5. The van der Waals surface area contributed by atoms with Crippen LogP contribution < -0.4 is 4.74 Å². The molecule has 1 aromatic carbocycles. The number of benzene rings is 1. The Labute approximate surface area is 131 Å². The number of ether oxygens (including phenoxy) is 1. The molecule has 0 spiro atoms. The van der Waals surface area contributed by atoms with Gasteiger partial charge in [-0.1, -0.05) is 0 Å². The summed E-state index contributed by atoms with van der Waals surface area (Å²) in [4.78, 5) is 13.9. The predicted molar refractivity (Wildman–Crippen MR) is 77.9 cm³/mol. The Morgan fingerprint density at radius 1 is 1.17 bits per heavy atom. The molecular formula is C16H15F2N3O2. The van der Waals surface area contributed by atoms with E-state index in [9.17, 15) is 13.6 Å². The molecule has 120 valence electrons. The van der Waals surface area contributed by atoms with E-state index in [1.54, 1.807) is 23.2 Å². The number of nitrogens with zero attached hydrogens (tertiary/aromatic N) is 3. The maximum absolute atomic E-state index is 13.2. The quantitative estimate of drug-likeness (QED) is 0.872. The maximum Gasteiger partial charge on any atom is 0.253 e. The van der Waals surface area contributed by atoms with E-state index in [-0.39, 0.29) is 17.6 Å². The molecule has 1 fully saturated rings. The van der Waals surface area contributed by atoms with E-state index in [0.717, 1.165) is 12.1 Å². The highest BCUT2D eigenvalue weighted by Gasteiger charge is 2.25. The second-order valence-electron chi connectivity index (χ2n) is 5.30. The van der Waals surface area contributed by atoms with E-state index in [1.807, 2.05) is 0 Å². The SMILES string of the molecule is O=C(c1ccc(F)c(F)c1)N1CCC(Oc2cccnn2)CC1. The zero-order chi connectivity index (χ0) is 16.2. The summed E-state index contributed by atoms with van der Waals surface area (Å²) in [6.07, 6.45) is 2.81. The molecular weight excluding hydrogens is 304 g/mol. The first kappa shape index (κ1) is 15.3. The summed E-state index contributed by atoms with van der Waals surface area (Å²) in [6.45, 7) is 0.978. The zero-order valence-corrected chi connectivity index (χ0v) is 12.3. The molecule has 0 radical (unpaired) electrons. The van der Waals surface area contributed by atoms with E-state index in [2.05, 4.69) is 10.2 Å². The molecule has 0 bridgehead atoms. The summed E-state index contributed by atoms with van der Waals surface area (Å²) < 4.78 is 31.9. The molecule has 1 amide bonds. The van der Waals surface area contributed by atoms with Crippen molar-refractivity contribution in [1.29, 1.82) is 0 Å². The lowest BCUT2D eigenvalue weighted by Gasteiger charge is -2.31. The largest absolute Gasteiger partial charge is 0.473 e. The van der Waals surface area contributed by atoms with Crippen molar-refractivity contribution in [1.82, 2.24) is 15.1 Å². The van der Waals surface area contributed by atoms with Gasteiger partial charge in [0.05, 0.1) is 0 Å². The van der Waals surface area contributed by atoms with Crippen LogP contribution in [-0.2, 0) is 0 Å². The average Bonchev–Trinajstić information content (AvgIpc) is 2.58. The summed E-state index contributed by atoms with van der Waals surface area (Å²) in [5.74, 6) is -1.82. The van der Waals surface area contributed by atoms with Gasteiger partial charge in [0.1, 0.15) is 6.10 Å². The van der Waals surface area contributed by atoms with Crippen molar-refractivity contribution >= 4 is 5.91 Å². The minimum absolute atomic E-state index is 0.0410. The van der Waals surface area contributed by atoms with Crippen LogP contribution in [0.2, 0.25) is 0 Å². The number of hydrogen-bond acceptors (Lipinski definition) is 4. The molecule has 0 atom stereocenters. The van der Waals surface area contributed by atoms with Crippen LogP contribution in [0.3, 0.4) is 0 Å². The predicted octanol–water partition coefficient (Wildman–Crippen LogP) is 2.44. The Kier molecular flexibility index (Phi) is 4.45. The topological polar surface area (TPSA) is 55.3 Å². The van der Waals surface area contributed by atoms with Crippen molar-refractivity contribution in [3.63, 3.8) is 0 Å². The first-order chi connectivity index (χ1) is 11.1. The Bertz CT molecular complexity index is 689. The van der Waals surface area contributed by atoms with Gasteiger partial charge in [0.2, 0.25) is 5.88 Å². The van der Waals surface area contributed by atoms with Gasteiger partial charge in [-0.15, -0.1) is 5.10 Å². The summed E-state index contributed by atoms with van der Waals surface area (Å²) in [5.41, 5.74) is 0.150. The third-order valence-corrected chi connectivity index (χ3v) is 3.73. The second-order valence-corrected chi connectivity index (χ2v) is 5.30. The molecule has 2 aromatic rings. The highest BCUT2D eigenvalue weighted by Crippen LogP contribution is 2.19. The number of amides is 1. The van der Waals surface area contributed by atoms with Crippen LogP contribution >= 0.6 is 0 Å². The fourth-order valence-electron chi connectivity index (χ4n) is 2.51. The standard InChI is InChI=1S/C16H15F2N3O2/c17-13-4-3-11(10-14(13)18)16(22)21-8-5-12(6-9-21)23-15-2-1-7-19-20-15/h1-4,7,10,12H,5-6,8-9H2. The van der Waals surface area contributed by atoms with Gasteiger partial charge >= 0.3 is 0 Å². The molecule has 5 nitrogen and oxygen atoms in total. The van der Waals surface area contributed by atoms with E-state index in [4.69, 9.17) is 4.74 Å². The number of aromatic nitrogens is 2. The number of likely N-dealkylation sites (tertiary alicyclic amines) is 1. The van der Waals surface area contributed by atoms with Gasteiger partial charge < -0.3 is 9.64 Å². The molecule has 7 heteroatoms. The molecule has 1 aliphatic heterocycles. The second kappa shape index (κ2) is 6.68. The number of carbonyl (C=O) groups is 1. The molecule has 0 N–H and O–H groups in total. The zero-order valence-electron chi connectivity index (χ0n) is 12.3. The van der Waals surface area contributed by atoms with Crippen molar-refractivity contribution in [2.24, 2.45) is 0 Å². The summed E-state index contributed by atoms with van der Waals surface area (Å²) >= 11 is 0. The van der Waals surface area contributed by atoms with Gasteiger partial charge in [0.25, 0.3) is 5.91 Å². The summed E-state index contributed by atoms with van der Waals surface area (Å²) in [7, 11) is 0. The van der Waals surface area contributed by atoms with Crippen LogP contribution in [0.4, 0.5) is 8.78 Å². The van der Waals surface area contributed by atoms with Crippen LogP contribution in [0, 0.1) is 11.6 Å². The van der Waals surface area contributed by atoms with Gasteiger partial charge in [-0.3, -0.25) is 4.79 Å². The molecule has 0 unspecified atom stereocenters. The minimum Gasteiger partial charge on any atom is -0.473 e. The van der Waals surface area contributed by atoms with E-state index in [0.29, 0.717) is 31.8 Å². The third kappa shape index (κ3) is 3.61. The highest BCUT2D eigenvalue weighted by atomic mass is 19.2. The Morgan fingerprint density at radius 3 is 2.61 bits per heavy atom. The molecule has 1 aliphatic rings. The Morgan fingerprint density at radius 2 is 1.96 bits per heavy atom. The number of carbonyl (C=O) groups excluding carboxylic acids is 1. The van der Waals surface area contributed by atoms with Crippen LogP contribution in [-0.4, -0.2) is 40.2 Å². The first-order valence-electron chi connectivity index (χ1n) is 7.32. The summed E-state index contributed by atoms with van der Waals surface area (Å²) in [6, 6.07) is 6.66. The number of halogens is 2. The van der Waals surface area contributed by atoms with Crippen molar-refractivity contribution in [2.75, 3.05) is 13.1 Å². The number of piperidine rings is 1. The van der Waals surface area contributed by atoms with Crippen molar-refractivity contribution in [3.8, 4) is 5.88 Å². The molecule has 3 rings (SSSR count). The molecule has 1 saturated heterocycles. The smallest absolute Gasteiger partial charge is 0.253 e. The number of rotatable bonds is 3. The van der Waals surface area contributed by atoms with E-state index in [1.165, 1.54) is 6.07 Å². The third-order valence-electron chi connectivity index (χ3n) is 3.73.